The number of carbonyl (C=O) groups excluding carboxylic acids is 1. The van der Waals surface area contributed by atoms with E-state index in [9.17, 15) is 9.18 Å². The van der Waals surface area contributed by atoms with Crippen LogP contribution < -0.4 is 4.74 Å². The molecule has 110 valence electrons. The summed E-state index contributed by atoms with van der Waals surface area (Å²) in [5, 5.41) is 0.744. The van der Waals surface area contributed by atoms with Gasteiger partial charge in [-0.05, 0) is 31.0 Å². The van der Waals surface area contributed by atoms with Crippen molar-refractivity contribution in [1.29, 1.82) is 0 Å². The second kappa shape index (κ2) is 7.07. The number of halogens is 2. The fourth-order valence-electron chi connectivity index (χ4n) is 2.72. The van der Waals surface area contributed by atoms with Gasteiger partial charge in [-0.2, -0.15) is 0 Å². The third-order valence-electron chi connectivity index (χ3n) is 3.75. The topological polar surface area (TPSA) is 29.5 Å². The Morgan fingerprint density at radius 1 is 1.45 bits per heavy atom. The molecule has 0 unspecified atom stereocenters. The van der Waals surface area contributed by atoms with Crippen molar-refractivity contribution < 1.29 is 13.9 Å². The van der Waals surface area contributed by atoms with Crippen LogP contribution in [0.3, 0.4) is 0 Å². The first-order valence-electron chi connectivity index (χ1n) is 6.88. The number of benzene rings is 1. The van der Waals surface area contributed by atoms with E-state index in [0.29, 0.717) is 18.2 Å². The molecule has 1 saturated carbocycles. The summed E-state index contributed by atoms with van der Waals surface area (Å²) in [4.78, 5) is 14.5. The fraction of sp³-hybridized carbons (Fsp3) is 0.533. The van der Waals surface area contributed by atoms with Gasteiger partial charge in [0.2, 0.25) is 0 Å². The second-order valence-electron chi connectivity index (χ2n) is 4.98. The van der Waals surface area contributed by atoms with Crippen molar-refractivity contribution in [2.75, 3.05) is 19.0 Å². The predicted molar refractivity (Wildman–Crippen MR) is 80.0 cm³/mol. The van der Waals surface area contributed by atoms with E-state index in [1.54, 1.807) is 0 Å². The molecule has 0 heterocycles. The Bertz CT molecular complexity index is 475. The van der Waals surface area contributed by atoms with Crippen molar-refractivity contribution in [3.05, 3.63) is 29.6 Å². The Kier molecular flexibility index (Phi) is 5.40. The highest BCUT2D eigenvalue weighted by atomic mass is 79.9. The molecule has 3 nitrogen and oxygen atoms in total. The van der Waals surface area contributed by atoms with Gasteiger partial charge in [0.15, 0.2) is 11.6 Å². The molecule has 5 heteroatoms. The molecule has 1 aliphatic rings. The summed E-state index contributed by atoms with van der Waals surface area (Å²) in [5.74, 6) is -0.382. The van der Waals surface area contributed by atoms with Crippen LogP contribution in [-0.4, -0.2) is 35.8 Å². The van der Waals surface area contributed by atoms with Crippen LogP contribution in [0.15, 0.2) is 18.2 Å². The highest BCUT2D eigenvalue weighted by Crippen LogP contribution is 2.26. The molecule has 1 amide bonds. The number of methoxy groups -OCH3 is 1. The zero-order valence-corrected chi connectivity index (χ0v) is 13.2. The molecule has 1 fully saturated rings. The van der Waals surface area contributed by atoms with E-state index in [-0.39, 0.29) is 11.7 Å². The van der Waals surface area contributed by atoms with Gasteiger partial charge in [-0.1, -0.05) is 28.8 Å². The van der Waals surface area contributed by atoms with Crippen molar-refractivity contribution in [2.24, 2.45) is 0 Å². The highest BCUT2D eigenvalue weighted by Gasteiger charge is 2.27. The van der Waals surface area contributed by atoms with Crippen molar-refractivity contribution in [1.82, 2.24) is 4.90 Å². The lowest BCUT2D eigenvalue weighted by molar-refractivity contribution is 0.0696. The number of hydrogen-bond donors (Lipinski definition) is 0. The first-order valence-corrected chi connectivity index (χ1v) is 8.00. The summed E-state index contributed by atoms with van der Waals surface area (Å²) in [6.07, 6.45) is 4.45. The van der Waals surface area contributed by atoms with E-state index >= 15 is 0 Å². The molecule has 1 aliphatic carbocycles. The second-order valence-corrected chi connectivity index (χ2v) is 5.77. The summed E-state index contributed by atoms with van der Waals surface area (Å²) in [7, 11) is 1.40. The lowest BCUT2D eigenvalue weighted by Gasteiger charge is -2.28. The third-order valence-corrected chi connectivity index (χ3v) is 4.10. The lowest BCUT2D eigenvalue weighted by Crippen LogP contribution is -2.40. The van der Waals surface area contributed by atoms with Crippen molar-refractivity contribution in [3.63, 3.8) is 0 Å². The van der Waals surface area contributed by atoms with Crippen LogP contribution in [0, 0.1) is 5.82 Å². The highest BCUT2D eigenvalue weighted by molar-refractivity contribution is 9.09. The minimum Gasteiger partial charge on any atom is -0.494 e. The quantitative estimate of drug-likeness (QED) is 0.764. The number of amides is 1. The molecule has 0 aromatic heterocycles. The average Bonchev–Trinajstić information content (AvgIpc) is 2.98. The van der Waals surface area contributed by atoms with Crippen molar-refractivity contribution in [2.45, 2.75) is 31.7 Å². The molecule has 0 spiro atoms. The van der Waals surface area contributed by atoms with Gasteiger partial charge >= 0.3 is 0 Å². The molecule has 20 heavy (non-hydrogen) atoms. The molecule has 0 aliphatic heterocycles. The molecule has 0 bridgehead atoms. The zero-order chi connectivity index (χ0) is 14.5. The summed E-state index contributed by atoms with van der Waals surface area (Å²) < 4.78 is 18.4. The van der Waals surface area contributed by atoms with Crippen LogP contribution in [0.5, 0.6) is 5.75 Å². The van der Waals surface area contributed by atoms with Gasteiger partial charge in [0.05, 0.1) is 7.11 Å². The zero-order valence-electron chi connectivity index (χ0n) is 11.6. The van der Waals surface area contributed by atoms with Gasteiger partial charge in [0.25, 0.3) is 5.91 Å². The number of nitrogens with zero attached hydrogens (tertiary/aromatic N) is 1. The maximum absolute atomic E-state index is 13.4. The van der Waals surface area contributed by atoms with Gasteiger partial charge in [-0.3, -0.25) is 4.79 Å². The van der Waals surface area contributed by atoms with Crippen LogP contribution in [0.4, 0.5) is 4.39 Å². The van der Waals surface area contributed by atoms with E-state index in [1.807, 2.05) is 4.90 Å². The number of hydrogen-bond acceptors (Lipinski definition) is 2. The van der Waals surface area contributed by atoms with E-state index in [2.05, 4.69) is 15.9 Å². The van der Waals surface area contributed by atoms with Gasteiger partial charge in [0, 0.05) is 23.5 Å². The molecule has 2 rings (SSSR count). The first-order chi connectivity index (χ1) is 9.67. The summed E-state index contributed by atoms with van der Waals surface area (Å²) in [5.41, 5.74) is 0.483. The maximum atomic E-state index is 13.4. The number of carbonyl (C=O) groups is 1. The average molecular weight is 344 g/mol. The van der Waals surface area contributed by atoms with Crippen LogP contribution in [-0.2, 0) is 0 Å². The van der Waals surface area contributed by atoms with Crippen LogP contribution in [0.25, 0.3) is 0 Å². The minimum absolute atomic E-state index is 0.0466. The molecular weight excluding hydrogens is 325 g/mol. The normalized spacial score (nSPS) is 15.3. The lowest BCUT2D eigenvalue weighted by atomic mass is 10.1. The van der Waals surface area contributed by atoms with Crippen LogP contribution in [0.1, 0.15) is 36.0 Å². The molecule has 0 N–H and O–H groups in total. The maximum Gasteiger partial charge on any atom is 0.254 e. The largest absolute Gasteiger partial charge is 0.494 e. The summed E-state index contributed by atoms with van der Waals surface area (Å²) in [6, 6.07) is 4.59. The van der Waals surface area contributed by atoms with E-state index < -0.39 is 5.82 Å². The Morgan fingerprint density at radius 2 is 2.15 bits per heavy atom. The number of rotatable bonds is 5. The third kappa shape index (κ3) is 3.32. The van der Waals surface area contributed by atoms with Gasteiger partial charge in [-0.25, -0.2) is 4.39 Å². The standard InChI is InChI=1S/C15H19BrFNO2/c1-20-14-10-11(6-7-13(14)17)15(19)18(9-8-16)12-4-2-3-5-12/h6-7,10,12H,2-5,8-9H2,1H3. The smallest absolute Gasteiger partial charge is 0.254 e. The monoisotopic (exact) mass is 343 g/mol. The SMILES string of the molecule is COc1cc(C(=O)N(CCBr)C2CCCC2)ccc1F. The number of ether oxygens (including phenoxy) is 1. The van der Waals surface area contributed by atoms with Crippen LogP contribution in [0.2, 0.25) is 0 Å². The minimum atomic E-state index is -0.447. The Hall–Kier alpha value is -1.10. The summed E-state index contributed by atoms with van der Waals surface area (Å²) in [6.45, 7) is 0.670. The van der Waals surface area contributed by atoms with Crippen LogP contribution >= 0.6 is 15.9 Å². The molecule has 0 saturated heterocycles. The predicted octanol–water partition coefficient (Wildman–Crippen LogP) is 3.61. The summed E-state index contributed by atoms with van der Waals surface area (Å²) >= 11 is 3.40. The van der Waals surface area contributed by atoms with Gasteiger partial charge < -0.3 is 9.64 Å². The van der Waals surface area contributed by atoms with Crippen molar-refractivity contribution >= 4 is 21.8 Å². The van der Waals surface area contributed by atoms with E-state index in [4.69, 9.17) is 4.74 Å². The van der Waals surface area contributed by atoms with Crippen molar-refractivity contribution in [3.8, 4) is 5.75 Å². The molecule has 0 atom stereocenters. The van der Waals surface area contributed by atoms with Gasteiger partial charge in [0.1, 0.15) is 0 Å². The molecule has 1 aromatic carbocycles. The van der Waals surface area contributed by atoms with E-state index in [1.165, 1.54) is 38.2 Å². The Labute approximate surface area is 127 Å². The molecule has 1 aromatic rings. The Balaban J connectivity index is 2.22. The Morgan fingerprint density at radius 3 is 2.75 bits per heavy atom. The van der Waals surface area contributed by atoms with E-state index in [0.717, 1.165) is 18.2 Å². The first kappa shape index (κ1) is 15.3. The number of alkyl halides is 1. The molecule has 0 radical (unpaired) electrons. The van der Waals surface area contributed by atoms with Gasteiger partial charge in [-0.15, -0.1) is 0 Å². The molecular formula is C15H19BrFNO2. The fourth-order valence-corrected chi connectivity index (χ4v) is 3.10.